The summed E-state index contributed by atoms with van der Waals surface area (Å²) in [6, 6.07) is 7.53. The maximum absolute atomic E-state index is 12.4. The molecule has 1 atom stereocenters. The van der Waals surface area contributed by atoms with Crippen molar-refractivity contribution in [3.63, 3.8) is 0 Å². The lowest BCUT2D eigenvalue weighted by molar-refractivity contribution is 0.0787. The van der Waals surface area contributed by atoms with Crippen LogP contribution in [0.25, 0.3) is 0 Å². The summed E-state index contributed by atoms with van der Waals surface area (Å²) in [5.41, 5.74) is 0.753. The van der Waals surface area contributed by atoms with Crippen LogP contribution < -0.4 is 10.1 Å². The molecule has 124 valence electrons. The van der Waals surface area contributed by atoms with Gasteiger partial charge >= 0.3 is 0 Å². The Morgan fingerprint density at radius 1 is 1.36 bits per heavy atom. The van der Waals surface area contributed by atoms with E-state index < -0.39 is 0 Å². The minimum absolute atomic E-state index is 0. The number of ether oxygens (including phenoxy) is 1. The topological polar surface area (TPSA) is 41.6 Å². The molecule has 1 aromatic rings. The summed E-state index contributed by atoms with van der Waals surface area (Å²) in [7, 11) is 1.96. The van der Waals surface area contributed by atoms with E-state index in [1.807, 2.05) is 36.2 Å². The standard InChI is InChI=1S/C17H26N2O2.ClH/c1-3-4-11-21-16-7-5-15(6-8-16)17(20)19-10-9-14(13-19)12-18-2;/h5-8,14,18H,3-4,9-13H2,1-2H3;1H. The Bertz CT molecular complexity index is 450. The highest BCUT2D eigenvalue weighted by Gasteiger charge is 2.26. The van der Waals surface area contributed by atoms with Gasteiger partial charge in [0.25, 0.3) is 5.91 Å². The van der Waals surface area contributed by atoms with Crippen molar-refractivity contribution in [2.24, 2.45) is 5.92 Å². The summed E-state index contributed by atoms with van der Waals surface area (Å²) in [6.45, 7) is 5.58. The van der Waals surface area contributed by atoms with Crippen LogP contribution in [-0.2, 0) is 0 Å². The Hall–Kier alpha value is -1.26. The molecule has 1 amide bonds. The molecule has 0 spiro atoms. The fourth-order valence-corrected chi connectivity index (χ4v) is 2.68. The first-order chi connectivity index (χ1) is 10.2. The van der Waals surface area contributed by atoms with Crippen molar-refractivity contribution in [2.45, 2.75) is 26.2 Å². The number of carbonyl (C=O) groups excluding carboxylic acids is 1. The van der Waals surface area contributed by atoms with Gasteiger partial charge in [-0.2, -0.15) is 0 Å². The van der Waals surface area contributed by atoms with Crippen molar-refractivity contribution in [3.8, 4) is 5.75 Å². The first-order valence-electron chi connectivity index (χ1n) is 7.91. The van der Waals surface area contributed by atoms with Crippen LogP contribution in [0.15, 0.2) is 24.3 Å². The van der Waals surface area contributed by atoms with Crippen molar-refractivity contribution in [2.75, 3.05) is 33.3 Å². The summed E-state index contributed by atoms with van der Waals surface area (Å²) >= 11 is 0. The van der Waals surface area contributed by atoms with Gasteiger partial charge in [-0.05, 0) is 56.6 Å². The van der Waals surface area contributed by atoms with Crippen LogP contribution >= 0.6 is 12.4 Å². The number of rotatable bonds is 7. The normalized spacial score (nSPS) is 17.2. The minimum Gasteiger partial charge on any atom is -0.494 e. The third-order valence-corrected chi connectivity index (χ3v) is 3.93. The van der Waals surface area contributed by atoms with Gasteiger partial charge in [-0.1, -0.05) is 13.3 Å². The van der Waals surface area contributed by atoms with E-state index in [1.165, 1.54) is 0 Å². The fraction of sp³-hybridized carbons (Fsp3) is 0.588. The quantitative estimate of drug-likeness (QED) is 0.783. The van der Waals surface area contributed by atoms with Gasteiger partial charge in [-0.15, -0.1) is 12.4 Å². The molecule has 0 aromatic heterocycles. The van der Waals surface area contributed by atoms with Crippen LogP contribution in [0.5, 0.6) is 5.75 Å². The van der Waals surface area contributed by atoms with Crippen LogP contribution in [0.1, 0.15) is 36.5 Å². The van der Waals surface area contributed by atoms with Gasteiger partial charge in [0.2, 0.25) is 0 Å². The zero-order valence-electron chi connectivity index (χ0n) is 13.5. The third-order valence-electron chi connectivity index (χ3n) is 3.93. The highest BCUT2D eigenvalue weighted by molar-refractivity contribution is 5.94. The first kappa shape index (κ1) is 18.8. The van der Waals surface area contributed by atoms with Gasteiger partial charge in [0.15, 0.2) is 0 Å². The van der Waals surface area contributed by atoms with Crippen LogP contribution in [0.4, 0.5) is 0 Å². The molecule has 2 rings (SSSR count). The largest absolute Gasteiger partial charge is 0.494 e. The molecule has 1 fully saturated rings. The van der Waals surface area contributed by atoms with E-state index >= 15 is 0 Å². The monoisotopic (exact) mass is 326 g/mol. The number of carbonyl (C=O) groups is 1. The van der Waals surface area contributed by atoms with Crippen LogP contribution in [0, 0.1) is 5.92 Å². The van der Waals surface area contributed by atoms with E-state index in [9.17, 15) is 4.79 Å². The van der Waals surface area contributed by atoms with Crippen LogP contribution in [-0.4, -0.2) is 44.1 Å². The van der Waals surface area contributed by atoms with Gasteiger partial charge in [0.05, 0.1) is 6.61 Å². The SMILES string of the molecule is CCCCOc1ccc(C(=O)N2CCC(CNC)C2)cc1.Cl. The molecule has 1 aliphatic rings. The molecule has 1 aromatic carbocycles. The molecule has 1 heterocycles. The highest BCUT2D eigenvalue weighted by Crippen LogP contribution is 2.20. The zero-order chi connectivity index (χ0) is 15.1. The van der Waals surface area contributed by atoms with E-state index in [1.54, 1.807) is 0 Å². The van der Waals surface area contributed by atoms with E-state index in [4.69, 9.17) is 4.74 Å². The van der Waals surface area contributed by atoms with Gasteiger partial charge < -0.3 is 15.0 Å². The summed E-state index contributed by atoms with van der Waals surface area (Å²) in [4.78, 5) is 14.4. The molecule has 0 saturated carbocycles. The number of unbranched alkanes of at least 4 members (excludes halogenated alkanes) is 1. The number of amides is 1. The Kier molecular flexibility index (Phi) is 8.28. The number of halogens is 1. The molecule has 22 heavy (non-hydrogen) atoms. The Morgan fingerprint density at radius 2 is 2.09 bits per heavy atom. The van der Waals surface area contributed by atoms with E-state index in [-0.39, 0.29) is 18.3 Å². The van der Waals surface area contributed by atoms with E-state index in [0.717, 1.165) is 56.8 Å². The number of hydrogen-bond acceptors (Lipinski definition) is 3. The molecule has 0 radical (unpaired) electrons. The van der Waals surface area contributed by atoms with E-state index in [0.29, 0.717) is 5.92 Å². The third kappa shape index (κ3) is 5.18. The van der Waals surface area contributed by atoms with Crippen molar-refractivity contribution in [1.29, 1.82) is 0 Å². The average molecular weight is 327 g/mol. The van der Waals surface area contributed by atoms with Crippen molar-refractivity contribution < 1.29 is 9.53 Å². The second-order valence-corrected chi connectivity index (χ2v) is 5.69. The van der Waals surface area contributed by atoms with Crippen molar-refractivity contribution >= 4 is 18.3 Å². The molecular formula is C17H27ClN2O2. The maximum Gasteiger partial charge on any atom is 0.253 e. The summed E-state index contributed by atoms with van der Waals surface area (Å²) in [5, 5.41) is 3.19. The molecule has 5 heteroatoms. The van der Waals surface area contributed by atoms with Gasteiger partial charge in [0, 0.05) is 18.7 Å². The Labute approximate surface area is 139 Å². The van der Waals surface area contributed by atoms with Gasteiger partial charge in [-0.25, -0.2) is 0 Å². The molecule has 1 unspecified atom stereocenters. The molecule has 4 nitrogen and oxygen atoms in total. The first-order valence-corrected chi connectivity index (χ1v) is 7.91. The fourth-order valence-electron chi connectivity index (χ4n) is 2.68. The lowest BCUT2D eigenvalue weighted by Crippen LogP contribution is -2.30. The van der Waals surface area contributed by atoms with Crippen LogP contribution in [0.2, 0.25) is 0 Å². The zero-order valence-corrected chi connectivity index (χ0v) is 14.3. The molecule has 1 N–H and O–H groups in total. The number of hydrogen-bond donors (Lipinski definition) is 1. The van der Waals surface area contributed by atoms with Crippen molar-refractivity contribution in [1.82, 2.24) is 10.2 Å². The number of likely N-dealkylation sites (tertiary alicyclic amines) is 1. The molecule has 1 aliphatic heterocycles. The molecule has 0 bridgehead atoms. The maximum atomic E-state index is 12.4. The second kappa shape index (κ2) is 9.70. The lowest BCUT2D eigenvalue weighted by atomic mass is 10.1. The predicted octanol–water partition coefficient (Wildman–Crippen LogP) is 2.97. The summed E-state index contributed by atoms with van der Waals surface area (Å²) in [5.74, 6) is 1.55. The molecule has 0 aliphatic carbocycles. The Balaban J connectivity index is 0.00000242. The molecule has 1 saturated heterocycles. The average Bonchev–Trinajstić information content (AvgIpc) is 2.97. The number of benzene rings is 1. The van der Waals surface area contributed by atoms with Gasteiger partial charge in [0.1, 0.15) is 5.75 Å². The second-order valence-electron chi connectivity index (χ2n) is 5.69. The minimum atomic E-state index is 0. The predicted molar refractivity (Wildman–Crippen MR) is 92.0 cm³/mol. The van der Waals surface area contributed by atoms with Crippen LogP contribution in [0.3, 0.4) is 0 Å². The van der Waals surface area contributed by atoms with Gasteiger partial charge in [-0.3, -0.25) is 4.79 Å². The number of nitrogens with zero attached hydrogens (tertiary/aromatic N) is 1. The highest BCUT2D eigenvalue weighted by atomic mass is 35.5. The smallest absolute Gasteiger partial charge is 0.253 e. The number of nitrogens with one attached hydrogen (secondary N) is 1. The lowest BCUT2D eigenvalue weighted by Gasteiger charge is -2.17. The van der Waals surface area contributed by atoms with E-state index in [2.05, 4.69) is 12.2 Å². The summed E-state index contributed by atoms with van der Waals surface area (Å²) < 4.78 is 5.62. The Morgan fingerprint density at radius 3 is 2.73 bits per heavy atom. The van der Waals surface area contributed by atoms with Crippen molar-refractivity contribution in [3.05, 3.63) is 29.8 Å². The summed E-state index contributed by atoms with van der Waals surface area (Å²) in [6.07, 6.45) is 3.27. The molecular weight excluding hydrogens is 300 g/mol.